The smallest absolute Gasteiger partial charge is 0.360 e. The van der Waals surface area contributed by atoms with Crippen molar-refractivity contribution in [1.82, 2.24) is 4.98 Å². The predicted octanol–water partition coefficient (Wildman–Crippen LogP) is 4.19. The fourth-order valence-electron chi connectivity index (χ4n) is 1.87. The lowest BCUT2D eigenvalue weighted by atomic mass is 10.0. The topological polar surface area (TPSA) is 51.2 Å². The van der Waals surface area contributed by atoms with E-state index in [-0.39, 0.29) is 12.0 Å². The first kappa shape index (κ1) is 15.0. The molecule has 2 aromatic heterocycles. The number of hydrogen-bond acceptors (Lipinski definition) is 6. The number of esters is 1. The molecular formula is C14H18N2O2S2. The minimum absolute atomic E-state index is 0.170. The summed E-state index contributed by atoms with van der Waals surface area (Å²) in [6.45, 7) is 6.46. The summed E-state index contributed by atoms with van der Waals surface area (Å²) in [4.78, 5) is 17.2. The van der Waals surface area contributed by atoms with Gasteiger partial charge in [0.05, 0.1) is 18.2 Å². The molecule has 2 aromatic rings. The zero-order valence-electron chi connectivity index (χ0n) is 11.8. The van der Waals surface area contributed by atoms with Crippen molar-refractivity contribution in [2.24, 2.45) is 5.92 Å². The van der Waals surface area contributed by atoms with Crippen LogP contribution in [-0.4, -0.2) is 17.6 Å². The second kappa shape index (κ2) is 6.85. The number of thiophene rings is 1. The van der Waals surface area contributed by atoms with E-state index in [9.17, 15) is 4.79 Å². The molecule has 0 fully saturated rings. The van der Waals surface area contributed by atoms with Crippen molar-refractivity contribution in [1.29, 1.82) is 0 Å². The standard InChI is InChI=1S/C14H18N2O2S2/c1-4-18-14(17)12-13(20-8-15-12)16-11(9(2)3)10-6-5-7-19-10/h5-9,11,16H,4H2,1-3H3. The summed E-state index contributed by atoms with van der Waals surface area (Å²) in [5.74, 6) is 0.0377. The molecule has 2 rings (SSSR count). The highest BCUT2D eigenvalue weighted by Gasteiger charge is 2.22. The SMILES string of the molecule is CCOC(=O)c1ncsc1NC(c1cccs1)C(C)C. The molecule has 0 aromatic carbocycles. The van der Waals surface area contributed by atoms with Crippen LogP contribution < -0.4 is 5.32 Å². The van der Waals surface area contributed by atoms with Gasteiger partial charge in [0, 0.05) is 4.88 Å². The molecule has 108 valence electrons. The Balaban J connectivity index is 2.20. The van der Waals surface area contributed by atoms with E-state index in [1.807, 2.05) is 6.07 Å². The van der Waals surface area contributed by atoms with E-state index in [4.69, 9.17) is 4.74 Å². The molecule has 0 aliphatic carbocycles. The molecule has 0 aliphatic heterocycles. The zero-order chi connectivity index (χ0) is 14.5. The third-order valence-electron chi connectivity index (χ3n) is 2.84. The van der Waals surface area contributed by atoms with Crippen molar-refractivity contribution in [3.8, 4) is 0 Å². The normalized spacial score (nSPS) is 12.4. The van der Waals surface area contributed by atoms with E-state index in [1.54, 1.807) is 23.8 Å². The lowest BCUT2D eigenvalue weighted by molar-refractivity contribution is 0.0521. The average Bonchev–Trinajstić information content (AvgIpc) is 3.07. The Morgan fingerprint density at radius 2 is 2.25 bits per heavy atom. The van der Waals surface area contributed by atoms with Crippen LogP contribution in [0.2, 0.25) is 0 Å². The number of anilines is 1. The summed E-state index contributed by atoms with van der Waals surface area (Å²) in [6.07, 6.45) is 0. The van der Waals surface area contributed by atoms with Gasteiger partial charge in [0.1, 0.15) is 5.00 Å². The average molecular weight is 310 g/mol. The van der Waals surface area contributed by atoms with Gasteiger partial charge in [-0.05, 0) is 24.3 Å². The van der Waals surface area contributed by atoms with Crippen LogP contribution in [0.25, 0.3) is 0 Å². The van der Waals surface area contributed by atoms with E-state index in [2.05, 4.69) is 35.6 Å². The monoisotopic (exact) mass is 310 g/mol. The number of hydrogen-bond donors (Lipinski definition) is 1. The van der Waals surface area contributed by atoms with Crippen LogP contribution in [0.4, 0.5) is 5.00 Å². The Morgan fingerprint density at radius 1 is 1.45 bits per heavy atom. The van der Waals surface area contributed by atoms with Gasteiger partial charge in [0.25, 0.3) is 0 Å². The summed E-state index contributed by atoms with van der Waals surface area (Å²) in [5, 5.41) is 6.27. The molecule has 1 atom stereocenters. The maximum Gasteiger partial charge on any atom is 0.360 e. The summed E-state index contributed by atoms with van der Waals surface area (Å²) in [5.41, 5.74) is 2.04. The molecule has 20 heavy (non-hydrogen) atoms. The molecular weight excluding hydrogens is 292 g/mol. The molecule has 0 saturated heterocycles. The van der Waals surface area contributed by atoms with Crippen LogP contribution >= 0.6 is 22.7 Å². The van der Waals surface area contributed by atoms with Gasteiger partial charge in [-0.2, -0.15) is 0 Å². The highest BCUT2D eigenvalue weighted by Crippen LogP contribution is 2.32. The molecule has 0 radical (unpaired) electrons. The lowest BCUT2D eigenvalue weighted by Gasteiger charge is -2.21. The van der Waals surface area contributed by atoms with Gasteiger partial charge in [-0.1, -0.05) is 19.9 Å². The van der Waals surface area contributed by atoms with Crippen molar-refractivity contribution in [2.75, 3.05) is 11.9 Å². The molecule has 0 bridgehead atoms. The summed E-state index contributed by atoms with van der Waals surface area (Å²) in [6, 6.07) is 4.31. The third kappa shape index (κ3) is 3.37. The number of nitrogens with zero attached hydrogens (tertiary/aromatic N) is 1. The summed E-state index contributed by atoms with van der Waals surface area (Å²) < 4.78 is 5.03. The number of carbonyl (C=O) groups excluding carboxylic acids is 1. The van der Waals surface area contributed by atoms with Gasteiger partial charge in [-0.25, -0.2) is 9.78 Å². The predicted molar refractivity (Wildman–Crippen MR) is 83.6 cm³/mol. The second-order valence-electron chi connectivity index (χ2n) is 4.63. The van der Waals surface area contributed by atoms with Crippen LogP contribution in [0.3, 0.4) is 0 Å². The number of rotatable bonds is 6. The van der Waals surface area contributed by atoms with Crippen LogP contribution in [0.5, 0.6) is 0 Å². The van der Waals surface area contributed by atoms with Crippen molar-refractivity contribution < 1.29 is 9.53 Å². The van der Waals surface area contributed by atoms with Crippen LogP contribution in [0.15, 0.2) is 23.0 Å². The van der Waals surface area contributed by atoms with E-state index < -0.39 is 0 Å². The largest absolute Gasteiger partial charge is 0.461 e. The maximum absolute atomic E-state index is 11.8. The van der Waals surface area contributed by atoms with E-state index in [1.165, 1.54) is 16.2 Å². The first-order valence-electron chi connectivity index (χ1n) is 6.54. The van der Waals surface area contributed by atoms with Crippen molar-refractivity contribution in [2.45, 2.75) is 26.8 Å². The van der Waals surface area contributed by atoms with Crippen molar-refractivity contribution in [3.05, 3.63) is 33.6 Å². The first-order chi connectivity index (χ1) is 9.63. The number of aromatic nitrogens is 1. The number of nitrogens with one attached hydrogen (secondary N) is 1. The van der Waals surface area contributed by atoms with E-state index >= 15 is 0 Å². The van der Waals surface area contributed by atoms with Gasteiger partial charge in [-0.15, -0.1) is 22.7 Å². The molecule has 4 nitrogen and oxygen atoms in total. The highest BCUT2D eigenvalue weighted by atomic mass is 32.1. The molecule has 2 heterocycles. The minimum atomic E-state index is -0.370. The first-order valence-corrected chi connectivity index (χ1v) is 8.30. The number of ether oxygens (including phenoxy) is 1. The van der Waals surface area contributed by atoms with Gasteiger partial charge in [0.15, 0.2) is 5.69 Å². The van der Waals surface area contributed by atoms with Gasteiger partial charge in [-0.3, -0.25) is 0 Å². The molecule has 0 amide bonds. The molecule has 1 unspecified atom stereocenters. The summed E-state index contributed by atoms with van der Waals surface area (Å²) >= 11 is 3.14. The minimum Gasteiger partial charge on any atom is -0.461 e. The summed E-state index contributed by atoms with van der Waals surface area (Å²) in [7, 11) is 0. The van der Waals surface area contributed by atoms with Crippen LogP contribution in [-0.2, 0) is 4.74 Å². The number of carbonyl (C=O) groups is 1. The fourth-order valence-corrected chi connectivity index (χ4v) is 3.52. The van der Waals surface area contributed by atoms with Crippen molar-refractivity contribution in [3.63, 3.8) is 0 Å². The number of thiazole rings is 1. The van der Waals surface area contributed by atoms with Crippen LogP contribution in [0.1, 0.15) is 42.2 Å². The molecule has 1 N–H and O–H groups in total. The molecule has 0 aliphatic rings. The Hall–Kier alpha value is -1.40. The molecule has 0 saturated carbocycles. The Labute approximate surface area is 126 Å². The van der Waals surface area contributed by atoms with E-state index in [0.717, 1.165) is 5.00 Å². The molecule has 6 heteroatoms. The second-order valence-corrected chi connectivity index (χ2v) is 6.47. The Kier molecular flexibility index (Phi) is 5.14. The Bertz CT molecular complexity index is 549. The molecule has 0 spiro atoms. The maximum atomic E-state index is 11.8. The van der Waals surface area contributed by atoms with E-state index in [0.29, 0.717) is 18.2 Å². The van der Waals surface area contributed by atoms with Crippen molar-refractivity contribution >= 4 is 33.6 Å². The van der Waals surface area contributed by atoms with Gasteiger partial charge < -0.3 is 10.1 Å². The quantitative estimate of drug-likeness (QED) is 0.813. The fraction of sp³-hybridized carbons (Fsp3) is 0.429. The lowest BCUT2D eigenvalue weighted by Crippen LogP contribution is -2.17. The highest BCUT2D eigenvalue weighted by molar-refractivity contribution is 7.14. The third-order valence-corrected chi connectivity index (χ3v) is 4.55. The van der Waals surface area contributed by atoms with Gasteiger partial charge >= 0.3 is 5.97 Å². The van der Waals surface area contributed by atoms with Crippen LogP contribution in [0, 0.1) is 5.92 Å². The Morgan fingerprint density at radius 3 is 2.85 bits per heavy atom. The zero-order valence-corrected chi connectivity index (χ0v) is 13.4. The van der Waals surface area contributed by atoms with Gasteiger partial charge in [0.2, 0.25) is 0 Å².